The van der Waals surface area contributed by atoms with E-state index in [2.05, 4.69) is 0 Å². The Bertz CT molecular complexity index is 1290. The Hall–Kier alpha value is -4.63. The molecule has 0 heterocycles. The summed E-state index contributed by atoms with van der Waals surface area (Å²) in [6, 6.07) is 0. The van der Waals surface area contributed by atoms with E-state index in [1.54, 1.807) is 0 Å². The Morgan fingerprint density at radius 2 is 0.780 bits per heavy atom. The van der Waals surface area contributed by atoms with E-state index in [-0.39, 0.29) is 0 Å². The van der Waals surface area contributed by atoms with Crippen molar-refractivity contribution in [3.8, 4) is 0 Å². The van der Waals surface area contributed by atoms with Crippen LogP contribution in [0.2, 0.25) is 0 Å². The van der Waals surface area contributed by atoms with Crippen LogP contribution in [-0.2, 0) is 46.9 Å². The number of carboxylic acids is 6. The molecule has 6 N–H and O–H groups in total. The second kappa shape index (κ2) is 11.1. The summed E-state index contributed by atoms with van der Waals surface area (Å²) in [4.78, 5) is 71.8. The third kappa shape index (κ3) is 6.25. The molecule has 0 saturated carbocycles. The molecule has 3 aliphatic carbocycles. The van der Waals surface area contributed by atoms with Crippen molar-refractivity contribution in [1.29, 1.82) is 0 Å². The second-order valence-corrected chi connectivity index (χ2v) is 10.3. The molecule has 0 aromatic heterocycles. The van der Waals surface area contributed by atoms with Crippen LogP contribution in [0.15, 0.2) is 71.4 Å². The Morgan fingerprint density at radius 1 is 0.537 bits per heavy atom. The van der Waals surface area contributed by atoms with E-state index in [4.69, 9.17) is 13.6 Å². The zero-order valence-electron chi connectivity index (χ0n) is 20.5. The van der Waals surface area contributed by atoms with E-state index in [0.29, 0.717) is 0 Å². The van der Waals surface area contributed by atoms with Gasteiger partial charge >= 0.3 is 43.6 Å². The summed E-state index contributed by atoms with van der Waals surface area (Å²) >= 11 is 0. The van der Waals surface area contributed by atoms with Crippen molar-refractivity contribution >= 4 is 43.6 Å². The fraction of sp³-hybridized carbons (Fsp3) is 0.250. The van der Waals surface area contributed by atoms with Crippen LogP contribution in [-0.4, -0.2) is 83.3 Å². The number of rotatable bonds is 12. The van der Waals surface area contributed by atoms with Gasteiger partial charge < -0.3 is 30.6 Å². The number of allylic oxidation sites excluding steroid dienone is 6. The highest BCUT2D eigenvalue weighted by Gasteiger charge is 2.58. The summed E-state index contributed by atoms with van der Waals surface area (Å²) in [6.45, 7) is 0. The number of hydrogen-bond donors (Lipinski definition) is 6. The van der Waals surface area contributed by atoms with Crippen LogP contribution >= 0.6 is 7.82 Å². The second-order valence-electron chi connectivity index (χ2n) is 8.90. The maximum absolute atomic E-state index is 14.3. The zero-order chi connectivity index (χ0) is 30.8. The summed E-state index contributed by atoms with van der Waals surface area (Å²) in [6.07, 6.45) is 4.75. The number of hydrogen-bond acceptors (Lipinski definition) is 10. The van der Waals surface area contributed by atoms with Crippen LogP contribution in [0.3, 0.4) is 0 Å². The minimum Gasteiger partial charge on any atom is -0.479 e. The molecule has 0 spiro atoms. The lowest BCUT2D eigenvalue weighted by Crippen LogP contribution is -2.47. The normalized spacial score (nSPS) is 28.4. The predicted molar refractivity (Wildman–Crippen MR) is 130 cm³/mol. The minimum atomic E-state index is -5.91. The number of phosphoric acid groups is 1. The first-order valence-corrected chi connectivity index (χ1v) is 12.7. The number of carbonyl (C=O) groups is 6. The van der Waals surface area contributed by atoms with Gasteiger partial charge in [-0.2, -0.15) is 0 Å². The monoisotopic (exact) mass is 596 g/mol. The van der Waals surface area contributed by atoms with Gasteiger partial charge in [0.25, 0.3) is 0 Å². The third-order valence-corrected chi connectivity index (χ3v) is 7.73. The lowest BCUT2D eigenvalue weighted by molar-refractivity contribution is -0.162. The number of phosphoric ester groups is 1. The van der Waals surface area contributed by atoms with Crippen LogP contribution in [0.25, 0.3) is 0 Å². The average molecular weight is 596 g/mol. The molecule has 0 aromatic rings. The number of carboxylic acid groups (broad SMARTS) is 6. The van der Waals surface area contributed by atoms with Crippen molar-refractivity contribution < 1.29 is 77.5 Å². The minimum absolute atomic E-state index is 0.579. The first-order chi connectivity index (χ1) is 19.0. The molecule has 0 aromatic carbocycles. The fourth-order valence-corrected chi connectivity index (χ4v) is 5.92. The summed E-state index contributed by atoms with van der Waals surface area (Å²) in [5.74, 6) is -10.8. The highest BCUT2D eigenvalue weighted by molar-refractivity contribution is 7.48. The lowest BCUT2D eigenvalue weighted by Gasteiger charge is -2.39. The van der Waals surface area contributed by atoms with Crippen LogP contribution in [0.5, 0.6) is 0 Å². The van der Waals surface area contributed by atoms with Crippen molar-refractivity contribution in [1.82, 2.24) is 0 Å². The average Bonchev–Trinajstić information content (AvgIpc) is 2.88. The van der Waals surface area contributed by atoms with Gasteiger partial charge in [-0.05, 0) is 18.2 Å². The van der Waals surface area contributed by atoms with Gasteiger partial charge in [0, 0.05) is 36.0 Å². The maximum Gasteiger partial charge on any atom is 0.479 e. The molecule has 0 bridgehead atoms. The van der Waals surface area contributed by atoms with Crippen molar-refractivity contribution in [2.75, 3.05) is 0 Å². The summed E-state index contributed by atoms with van der Waals surface area (Å²) in [5.41, 5.74) is -10.4. The molecule has 0 aliphatic heterocycles. The summed E-state index contributed by atoms with van der Waals surface area (Å²) in [7, 11) is -5.91. The molecule has 0 radical (unpaired) electrons. The fourth-order valence-electron chi connectivity index (χ4n) is 4.00. The van der Waals surface area contributed by atoms with Gasteiger partial charge in [0.15, 0.2) is 16.8 Å². The Labute approximate surface area is 229 Å². The van der Waals surface area contributed by atoms with Crippen molar-refractivity contribution in [2.45, 2.75) is 36.1 Å². The van der Waals surface area contributed by atoms with Gasteiger partial charge in [-0.1, -0.05) is 36.5 Å². The van der Waals surface area contributed by atoms with E-state index < -0.39 is 96.4 Å². The Kier molecular flexibility index (Phi) is 8.36. The predicted octanol–water partition coefficient (Wildman–Crippen LogP) is 1.53. The topological polar surface area (TPSA) is 269 Å². The quantitative estimate of drug-likeness (QED) is 0.174. The summed E-state index contributed by atoms with van der Waals surface area (Å²) in [5, 5.41) is 58.1. The molecule has 3 aliphatic rings. The molecule has 0 fully saturated rings. The van der Waals surface area contributed by atoms with E-state index in [1.807, 2.05) is 0 Å². The van der Waals surface area contributed by atoms with Crippen molar-refractivity contribution in [3.63, 3.8) is 0 Å². The van der Waals surface area contributed by atoms with E-state index >= 15 is 0 Å². The lowest BCUT2D eigenvalue weighted by atomic mass is 9.90. The molecular weight excluding hydrogens is 575 g/mol. The first-order valence-electron chi connectivity index (χ1n) is 11.3. The smallest absolute Gasteiger partial charge is 0.479 e. The van der Waals surface area contributed by atoms with Crippen LogP contribution in [0, 0.1) is 0 Å². The van der Waals surface area contributed by atoms with Gasteiger partial charge in [0.1, 0.15) is 0 Å². The van der Waals surface area contributed by atoms with Crippen molar-refractivity contribution in [3.05, 3.63) is 71.4 Å². The maximum atomic E-state index is 14.3. The summed E-state index contributed by atoms with van der Waals surface area (Å²) < 4.78 is 30.1. The highest BCUT2D eigenvalue weighted by atomic mass is 31.2. The van der Waals surface area contributed by atoms with E-state index in [1.165, 1.54) is 0 Å². The zero-order valence-corrected chi connectivity index (χ0v) is 21.4. The van der Waals surface area contributed by atoms with Crippen LogP contribution in [0.4, 0.5) is 0 Å². The van der Waals surface area contributed by atoms with Crippen LogP contribution in [0.1, 0.15) is 19.3 Å². The first kappa shape index (κ1) is 30.9. The molecule has 3 unspecified atom stereocenters. The molecular formula is C24H21O16P. The molecule has 218 valence electrons. The largest absolute Gasteiger partial charge is 0.479 e. The van der Waals surface area contributed by atoms with E-state index in [9.17, 15) is 64.0 Å². The van der Waals surface area contributed by atoms with Gasteiger partial charge in [-0.15, -0.1) is 0 Å². The molecule has 0 saturated heterocycles. The molecule has 16 nitrogen and oxygen atoms in total. The van der Waals surface area contributed by atoms with Gasteiger partial charge in [-0.3, -0.25) is 13.6 Å². The Balaban J connectivity index is 2.19. The molecule has 3 atom stereocenters. The molecule has 3 rings (SSSR count). The Morgan fingerprint density at radius 3 is 0.976 bits per heavy atom. The van der Waals surface area contributed by atoms with Gasteiger partial charge in [0.2, 0.25) is 0 Å². The van der Waals surface area contributed by atoms with E-state index in [0.717, 1.165) is 54.7 Å². The SMILES string of the molecule is O=C(O)C1=CC=CC(OP(=O)(OC2(C(=O)O)C=CC=C(C(=O)O)C2)OC2(C(=O)O)C=CC=C(C(=O)O)C2)(C(=O)O)C1. The van der Waals surface area contributed by atoms with Gasteiger partial charge in [0.05, 0.1) is 0 Å². The van der Waals surface area contributed by atoms with Crippen molar-refractivity contribution in [2.24, 2.45) is 0 Å². The highest BCUT2D eigenvalue weighted by Crippen LogP contribution is 2.61. The van der Waals surface area contributed by atoms with Crippen LogP contribution < -0.4 is 0 Å². The standard InChI is InChI=1S/C24H21O16P/c25-16(26)13-4-1-7-22(10-13,19(31)32)38-41(37,39-23(20(33)34)8-2-5-14(11-23)17(27)28)40-24(21(35)36)9-3-6-15(12-24)18(29)30/h1-9H,10-12H2,(H,25,26)(H,27,28)(H,29,30)(H,31,32)(H,33,34)(H,35,36). The number of aliphatic carboxylic acids is 6. The molecule has 17 heteroatoms. The van der Waals surface area contributed by atoms with Gasteiger partial charge in [-0.25, -0.2) is 33.3 Å². The molecule has 0 amide bonds. The molecule has 41 heavy (non-hydrogen) atoms. The third-order valence-electron chi connectivity index (χ3n) is 6.08.